The molecule has 0 aromatic heterocycles. The summed E-state index contributed by atoms with van der Waals surface area (Å²) in [6.45, 7) is 2.55. The number of nitrogens with one attached hydrogen (secondary N) is 1. The molecule has 3 N–H and O–H groups in total. The van der Waals surface area contributed by atoms with Crippen molar-refractivity contribution in [1.82, 2.24) is 4.90 Å². The zero-order valence-corrected chi connectivity index (χ0v) is 11.7. The molecule has 0 bridgehead atoms. The Kier molecular flexibility index (Phi) is 4.81. The van der Waals surface area contributed by atoms with Crippen LogP contribution in [0, 0.1) is 0 Å². The minimum absolute atomic E-state index is 0.00315. The molecule has 1 aromatic carbocycles. The van der Waals surface area contributed by atoms with Crippen LogP contribution in [-0.4, -0.2) is 49.6 Å². The first-order chi connectivity index (χ1) is 9.58. The summed E-state index contributed by atoms with van der Waals surface area (Å²) in [6, 6.07) is 4.78. The third-order valence-corrected chi connectivity index (χ3v) is 3.35. The largest absolute Gasteiger partial charge is 0.378 e. The van der Waals surface area contributed by atoms with Crippen molar-refractivity contribution in [2.45, 2.75) is 0 Å². The van der Waals surface area contributed by atoms with Crippen LogP contribution in [0.25, 0.3) is 0 Å². The summed E-state index contributed by atoms with van der Waals surface area (Å²) in [5, 5.41) is 3.25. The number of nitrogens with zero attached hydrogens (tertiary/aromatic N) is 1. The fourth-order valence-electron chi connectivity index (χ4n) is 1.93. The highest BCUT2D eigenvalue weighted by Crippen LogP contribution is 2.20. The molecule has 0 atom stereocenters. The maximum Gasteiger partial charge on any atom is 0.250 e. The van der Waals surface area contributed by atoms with E-state index in [9.17, 15) is 9.59 Å². The van der Waals surface area contributed by atoms with E-state index in [1.165, 1.54) is 6.07 Å². The van der Waals surface area contributed by atoms with Gasteiger partial charge in [0.25, 0.3) is 0 Å². The van der Waals surface area contributed by atoms with Gasteiger partial charge in [-0.1, -0.05) is 11.6 Å². The lowest BCUT2D eigenvalue weighted by molar-refractivity contribution is -0.133. The van der Waals surface area contributed by atoms with Gasteiger partial charge in [0.05, 0.1) is 30.3 Å². The van der Waals surface area contributed by atoms with Crippen LogP contribution in [0.5, 0.6) is 0 Å². The highest BCUT2D eigenvalue weighted by Gasteiger charge is 2.16. The molecule has 1 aliphatic rings. The van der Waals surface area contributed by atoms with E-state index in [-0.39, 0.29) is 23.0 Å². The number of amides is 2. The zero-order chi connectivity index (χ0) is 14.5. The fraction of sp³-hybridized carbons (Fsp3) is 0.385. The smallest absolute Gasteiger partial charge is 0.250 e. The minimum atomic E-state index is -0.578. The number of carbonyl (C=O) groups is 2. The Labute approximate surface area is 121 Å². The molecule has 1 aromatic rings. The molecular weight excluding hydrogens is 282 g/mol. The van der Waals surface area contributed by atoms with Crippen molar-refractivity contribution in [1.29, 1.82) is 0 Å². The van der Waals surface area contributed by atoms with Crippen molar-refractivity contribution in [2.75, 3.05) is 38.2 Å². The maximum atomic E-state index is 11.9. The van der Waals surface area contributed by atoms with Crippen molar-refractivity contribution in [3.8, 4) is 0 Å². The molecule has 1 heterocycles. The molecular formula is C13H16ClN3O3. The lowest BCUT2D eigenvalue weighted by Crippen LogP contribution is -2.43. The van der Waals surface area contributed by atoms with Gasteiger partial charge in [0.1, 0.15) is 0 Å². The summed E-state index contributed by atoms with van der Waals surface area (Å²) >= 11 is 5.94. The summed E-state index contributed by atoms with van der Waals surface area (Å²) in [5.74, 6) is -0.575. The summed E-state index contributed by atoms with van der Waals surface area (Å²) in [6.07, 6.45) is 0. The van der Waals surface area contributed by atoms with Crippen LogP contribution in [0.1, 0.15) is 10.4 Å². The van der Waals surface area contributed by atoms with E-state index < -0.39 is 5.91 Å². The maximum absolute atomic E-state index is 11.9. The van der Waals surface area contributed by atoms with E-state index >= 15 is 0 Å². The third-order valence-electron chi connectivity index (χ3n) is 3.04. The van der Waals surface area contributed by atoms with Crippen LogP contribution in [0.3, 0.4) is 0 Å². The second-order valence-corrected chi connectivity index (χ2v) is 4.81. The first kappa shape index (κ1) is 14.6. The van der Waals surface area contributed by atoms with Crippen molar-refractivity contribution >= 4 is 29.1 Å². The van der Waals surface area contributed by atoms with E-state index in [1.54, 1.807) is 17.0 Å². The van der Waals surface area contributed by atoms with Gasteiger partial charge in [0.15, 0.2) is 0 Å². The summed E-state index contributed by atoms with van der Waals surface area (Å²) in [5.41, 5.74) is 6.10. The molecule has 1 aliphatic heterocycles. The Morgan fingerprint density at radius 2 is 2.05 bits per heavy atom. The van der Waals surface area contributed by atoms with Crippen LogP contribution in [0.4, 0.5) is 5.69 Å². The second kappa shape index (κ2) is 6.58. The Morgan fingerprint density at radius 1 is 1.35 bits per heavy atom. The number of hydrogen-bond donors (Lipinski definition) is 2. The number of halogens is 1. The monoisotopic (exact) mass is 297 g/mol. The predicted molar refractivity (Wildman–Crippen MR) is 75.9 cm³/mol. The van der Waals surface area contributed by atoms with Gasteiger partial charge in [0.2, 0.25) is 11.8 Å². The molecule has 0 unspecified atom stereocenters. The van der Waals surface area contributed by atoms with Gasteiger partial charge in [-0.15, -0.1) is 0 Å². The van der Waals surface area contributed by atoms with Crippen molar-refractivity contribution in [3.05, 3.63) is 28.8 Å². The van der Waals surface area contributed by atoms with Gasteiger partial charge in [-0.25, -0.2) is 0 Å². The molecule has 1 fully saturated rings. The van der Waals surface area contributed by atoms with Crippen LogP contribution in [-0.2, 0) is 9.53 Å². The molecule has 20 heavy (non-hydrogen) atoms. The molecule has 108 valence electrons. The quantitative estimate of drug-likeness (QED) is 0.857. The highest BCUT2D eigenvalue weighted by atomic mass is 35.5. The van der Waals surface area contributed by atoms with Gasteiger partial charge in [-0.05, 0) is 18.2 Å². The summed E-state index contributed by atoms with van der Waals surface area (Å²) in [4.78, 5) is 24.7. The average Bonchev–Trinajstić information content (AvgIpc) is 2.45. The number of nitrogens with two attached hydrogens (primary N) is 1. The van der Waals surface area contributed by atoms with Gasteiger partial charge >= 0.3 is 0 Å². The lowest BCUT2D eigenvalue weighted by atomic mass is 10.2. The number of benzene rings is 1. The topological polar surface area (TPSA) is 84.7 Å². The van der Waals surface area contributed by atoms with Crippen LogP contribution in [0.15, 0.2) is 18.2 Å². The Hall–Kier alpha value is -1.79. The van der Waals surface area contributed by atoms with Crippen molar-refractivity contribution in [2.24, 2.45) is 5.73 Å². The standard InChI is InChI=1S/C13H16ClN3O3/c14-11-7-9(1-2-10(11)13(15)19)16-8-12(18)17-3-5-20-6-4-17/h1-2,7,16H,3-6,8H2,(H2,15,19). The third kappa shape index (κ3) is 3.61. The van der Waals surface area contributed by atoms with Crippen LogP contribution in [0.2, 0.25) is 5.02 Å². The summed E-state index contributed by atoms with van der Waals surface area (Å²) < 4.78 is 5.19. The normalized spacial score (nSPS) is 14.9. The Bertz CT molecular complexity index is 516. The molecule has 0 saturated carbocycles. The first-order valence-corrected chi connectivity index (χ1v) is 6.64. The molecule has 0 spiro atoms. The van der Waals surface area contributed by atoms with Gasteiger partial charge in [0, 0.05) is 18.8 Å². The number of rotatable bonds is 4. The SMILES string of the molecule is NC(=O)c1ccc(NCC(=O)N2CCOCC2)cc1Cl. The van der Waals surface area contributed by atoms with Crippen LogP contribution < -0.4 is 11.1 Å². The number of ether oxygens (including phenoxy) is 1. The number of primary amides is 1. The number of hydrogen-bond acceptors (Lipinski definition) is 4. The predicted octanol–water partition coefficient (Wildman–Crippen LogP) is 0.710. The van der Waals surface area contributed by atoms with Gasteiger partial charge in [-0.2, -0.15) is 0 Å². The lowest BCUT2D eigenvalue weighted by Gasteiger charge is -2.27. The van der Waals surface area contributed by atoms with Gasteiger partial charge in [-0.3, -0.25) is 9.59 Å². The van der Waals surface area contributed by atoms with E-state index in [1.807, 2.05) is 0 Å². The molecule has 1 saturated heterocycles. The molecule has 2 rings (SSSR count). The Balaban J connectivity index is 1.92. The number of carbonyl (C=O) groups excluding carboxylic acids is 2. The molecule has 0 aliphatic carbocycles. The van der Waals surface area contributed by atoms with E-state index in [4.69, 9.17) is 22.1 Å². The van der Waals surface area contributed by atoms with Crippen molar-refractivity contribution in [3.63, 3.8) is 0 Å². The first-order valence-electron chi connectivity index (χ1n) is 6.26. The fourth-order valence-corrected chi connectivity index (χ4v) is 2.20. The molecule has 0 radical (unpaired) electrons. The highest BCUT2D eigenvalue weighted by molar-refractivity contribution is 6.34. The second-order valence-electron chi connectivity index (χ2n) is 4.41. The average molecular weight is 298 g/mol. The van der Waals surface area contributed by atoms with Crippen LogP contribution >= 0.6 is 11.6 Å². The number of anilines is 1. The summed E-state index contributed by atoms with van der Waals surface area (Å²) in [7, 11) is 0. The molecule has 2 amide bonds. The molecule has 6 nitrogen and oxygen atoms in total. The van der Waals surface area contributed by atoms with E-state index in [0.717, 1.165) is 0 Å². The van der Waals surface area contributed by atoms with Crippen molar-refractivity contribution < 1.29 is 14.3 Å². The number of morpholine rings is 1. The minimum Gasteiger partial charge on any atom is -0.378 e. The van der Waals surface area contributed by atoms with Gasteiger partial charge < -0.3 is 20.7 Å². The van der Waals surface area contributed by atoms with E-state index in [0.29, 0.717) is 32.0 Å². The van der Waals surface area contributed by atoms with E-state index in [2.05, 4.69) is 5.32 Å². The zero-order valence-electron chi connectivity index (χ0n) is 10.9. The molecule has 7 heteroatoms. The Morgan fingerprint density at radius 3 is 2.65 bits per heavy atom.